The number of benzene rings is 2. The first kappa shape index (κ1) is 24.6. The van der Waals surface area contributed by atoms with Gasteiger partial charge < -0.3 is 18.9 Å². The maximum Gasteiger partial charge on any atom is 0.233 e. The van der Waals surface area contributed by atoms with Gasteiger partial charge in [0.1, 0.15) is 5.82 Å². The number of nitrogens with zero attached hydrogens (tertiary/aromatic N) is 4. The average Bonchev–Trinajstić information content (AvgIpc) is 3.23. The summed E-state index contributed by atoms with van der Waals surface area (Å²) in [5.74, 6) is 2.77. The first-order valence-electron chi connectivity index (χ1n) is 11.2. The highest BCUT2D eigenvalue weighted by Gasteiger charge is 2.17. The quantitative estimate of drug-likeness (QED) is 0.373. The first-order valence-corrected chi connectivity index (χ1v) is 12.2. The van der Waals surface area contributed by atoms with Crippen molar-refractivity contribution >= 4 is 17.7 Å². The van der Waals surface area contributed by atoms with E-state index in [1.165, 1.54) is 17.3 Å². The van der Waals surface area contributed by atoms with Crippen LogP contribution in [0.25, 0.3) is 0 Å². The van der Waals surface area contributed by atoms with Crippen LogP contribution in [0, 0.1) is 0 Å². The van der Waals surface area contributed by atoms with E-state index in [1.54, 1.807) is 14.2 Å². The Morgan fingerprint density at radius 1 is 0.970 bits per heavy atom. The molecule has 1 heterocycles. The van der Waals surface area contributed by atoms with Crippen LogP contribution in [0.15, 0.2) is 53.7 Å². The molecule has 3 rings (SSSR count). The fourth-order valence-electron chi connectivity index (χ4n) is 3.63. The topological polar surface area (TPSA) is 69.5 Å². The molecule has 33 heavy (non-hydrogen) atoms. The molecule has 1 aromatic heterocycles. The fourth-order valence-corrected chi connectivity index (χ4v) is 4.52. The van der Waals surface area contributed by atoms with Crippen molar-refractivity contribution in [3.05, 3.63) is 65.5 Å². The van der Waals surface area contributed by atoms with Crippen molar-refractivity contribution in [2.24, 2.45) is 0 Å². The molecule has 0 aliphatic heterocycles. The van der Waals surface area contributed by atoms with Gasteiger partial charge in [-0.3, -0.25) is 4.79 Å². The van der Waals surface area contributed by atoms with Crippen LogP contribution in [-0.2, 0) is 24.2 Å². The van der Waals surface area contributed by atoms with Crippen LogP contribution in [0.3, 0.4) is 0 Å². The minimum Gasteiger partial charge on any atom is -0.493 e. The Balaban J connectivity index is 1.80. The summed E-state index contributed by atoms with van der Waals surface area (Å²) in [6.45, 7) is 6.11. The van der Waals surface area contributed by atoms with Crippen LogP contribution >= 0.6 is 11.8 Å². The number of ether oxygens (including phenoxy) is 2. The summed E-state index contributed by atoms with van der Waals surface area (Å²) in [6, 6.07) is 16.2. The Labute approximate surface area is 200 Å². The van der Waals surface area contributed by atoms with Gasteiger partial charge in [0.25, 0.3) is 0 Å². The second-order valence-electron chi connectivity index (χ2n) is 7.51. The summed E-state index contributed by atoms with van der Waals surface area (Å²) >= 11 is 1.45. The minimum absolute atomic E-state index is 0.115. The number of methoxy groups -OCH3 is 2. The van der Waals surface area contributed by atoms with Gasteiger partial charge in [0.2, 0.25) is 5.91 Å². The van der Waals surface area contributed by atoms with E-state index in [4.69, 9.17) is 9.47 Å². The summed E-state index contributed by atoms with van der Waals surface area (Å²) in [4.78, 5) is 14.4. The molecule has 8 heteroatoms. The number of hydrogen-bond acceptors (Lipinski definition) is 6. The zero-order valence-corrected chi connectivity index (χ0v) is 20.6. The van der Waals surface area contributed by atoms with Gasteiger partial charge in [0, 0.05) is 26.1 Å². The van der Waals surface area contributed by atoms with E-state index in [2.05, 4.69) is 26.9 Å². The first-order chi connectivity index (χ1) is 16.1. The Morgan fingerprint density at radius 3 is 2.36 bits per heavy atom. The molecular formula is C25H32N4O3S. The molecular weight excluding hydrogens is 436 g/mol. The van der Waals surface area contributed by atoms with E-state index in [9.17, 15) is 4.79 Å². The standard InChI is InChI=1S/C25H32N4O3S/c1-5-28(6-2)24(30)18-33-25-27-26-23(17-19-10-8-7-9-11-19)29(25)15-14-20-12-13-21(31-3)22(16-20)32-4/h7-13,16H,5-6,14-15,17-18H2,1-4H3. The molecule has 7 nitrogen and oxygen atoms in total. The minimum atomic E-state index is 0.115. The SMILES string of the molecule is CCN(CC)C(=O)CSc1nnc(Cc2ccccc2)n1CCc1ccc(OC)c(OC)c1. The van der Waals surface area contributed by atoms with Crippen molar-refractivity contribution in [2.75, 3.05) is 33.1 Å². The number of thioether (sulfide) groups is 1. The number of aryl methyl sites for hydroxylation is 1. The molecule has 1 amide bonds. The van der Waals surface area contributed by atoms with Crippen LogP contribution < -0.4 is 9.47 Å². The van der Waals surface area contributed by atoms with Crippen molar-refractivity contribution in [1.29, 1.82) is 0 Å². The Bertz CT molecular complexity index is 1040. The lowest BCUT2D eigenvalue weighted by molar-refractivity contribution is -0.127. The monoisotopic (exact) mass is 468 g/mol. The maximum absolute atomic E-state index is 12.5. The number of carbonyl (C=O) groups is 1. The fraction of sp³-hybridized carbons (Fsp3) is 0.400. The van der Waals surface area contributed by atoms with E-state index in [0.717, 1.165) is 23.0 Å². The number of rotatable bonds is 12. The van der Waals surface area contributed by atoms with Crippen LogP contribution in [-0.4, -0.2) is 58.6 Å². The molecule has 0 unspecified atom stereocenters. The van der Waals surface area contributed by atoms with Gasteiger partial charge in [-0.1, -0.05) is 48.2 Å². The summed E-state index contributed by atoms with van der Waals surface area (Å²) < 4.78 is 12.9. The molecule has 0 aliphatic rings. The van der Waals surface area contributed by atoms with Crippen LogP contribution in [0.1, 0.15) is 30.8 Å². The highest BCUT2D eigenvalue weighted by molar-refractivity contribution is 7.99. The largest absolute Gasteiger partial charge is 0.493 e. The smallest absolute Gasteiger partial charge is 0.233 e. The predicted molar refractivity (Wildman–Crippen MR) is 131 cm³/mol. The molecule has 0 atom stereocenters. The Kier molecular flexibility index (Phi) is 9.18. The number of amides is 1. The van der Waals surface area contributed by atoms with Gasteiger partial charge in [0.15, 0.2) is 16.7 Å². The van der Waals surface area contributed by atoms with Gasteiger partial charge in [0.05, 0.1) is 20.0 Å². The molecule has 0 bridgehead atoms. The van der Waals surface area contributed by atoms with E-state index < -0.39 is 0 Å². The highest BCUT2D eigenvalue weighted by Crippen LogP contribution is 2.28. The summed E-state index contributed by atoms with van der Waals surface area (Å²) in [7, 11) is 3.27. The van der Waals surface area contributed by atoms with E-state index in [0.29, 0.717) is 43.3 Å². The van der Waals surface area contributed by atoms with Crippen LogP contribution in [0.2, 0.25) is 0 Å². The number of aromatic nitrogens is 3. The third-order valence-electron chi connectivity index (χ3n) is 5.51. The molecule has 0 saturated heterocycles. The lowest BCUT2D eigenvalue weighted by Crippen LogP contribution is -2.32. The van der Waals surface area contributed by atoms with E-state index >= 15 is 0 Å². The summed E-state index contributed by atoms with van der Waals surface area (Å²) in [6.07, 6.45) is 1.46. The second kappa shape index (κ2) is 12.3. The normalized spacial score (nSPS) is 10.8. The molecule has 0 N–H and O–H groups in total. The van der Waals surface area contributed by atoms with Gasteiger partial charge >= 0.3 is 0 Å². The lowest BCUT2D eigenvalue weighted by Gasteiger charge is -2.18. The molecule has 0 fully saturated rings. The van der Waals surface area contributed by atoms with Crippen molar-refractivity contribution in [3.8, 4) is 11.5 Å². The van der Waals surface area contributed by atoms with Crippen molar-refractivity contribution in [1.82, 2.24) is 19.7 Å². The maximum atomic E-state index is 12.5. The predicted octanol–water partition coefficient (Wildman–Crippen LogP) is 4.09. The number of hydrogen-bond donors (Lipinski definition) is 0. The molecule has 0 radical (unpaired) electrons. The highest BCUT2D eigenvalue weighted by atomic mass is 32.2. The molecule has 2 aromatic carbocycles. The Morgan fingerprint density at radius 2 is 1.70 bits per heavy atom. The van der Waals surface area contributed by atoms with Crippen molar-refractivity contribution < 1.29 is 14.3 Å². The van der Waals surface area contributed by atoms with Gasteiger partial charge in [-0.25, -0.2) is 0 Å². The van der Waals surface area contributed by atoms with Crippen molar-refractivity contribution in [3.63, 3.8) is 0 Å². The molecule has 0 saturated carbocycles. The Hall–Kier alpha value is -3.00. The average molecular weight is 469 g/mol. The zero-order valence-electron chi connectivity index (χ0n) is 19.8. The third-order valence-corrected chi connectivity index (χ3v) is 6.46. The summed E-state index contributed by atoms with van der Waals surface area (Å²) in [5, 5.41) is 9.67. The van der Waals surface area contributed by atoms with Crippen molar-refractivity contribution in [2.45, 2.75) is 38.4 Å². The number of carbonyl (C=O) groups excluding carboxylic acids is 1. The van der Waals surface area contributed by atoms with Crippen LogP contribution in [0.5, 0.6) is 11.5 Å². The molecule has 0 spiro atoms. The molecule has 0 aliphatic carbocycles. The van der Waals surface area contributed by atoms with Gasteiger partial charge in [-0.2, -0.15) is 0 Å². The van der Waals surface area contributed by atoms with E-state index in [1.807, 2.05) is 55.1 Å². The molecule has 3 aromatic rings. The zero-order chi connectivity index (χ0) is 23.6. The van der Waals surface area contributed by atoms with Gasteiger partial charge in [-0.05, 0) is 43.5 Å². The summed E-state index contributed by atoms with van der Waals surface area (Å²) in [5.41, 5.74) is 2.30. The van der Waals surface area contributed by atoms with E-state index in [-0.39, 0.29) is 5.91 Å². The van der Waals surface area contributed by atoms with Gasteiger partial charge in [-0.15, -0.1) is 10.2 Å². The second-order valence-corrected chi connectivity index (χ2v) is 8.45. The lowest BCUT2D eigenvalue weighted by atomic mass is 10.1. The third kappa shape index (κ3) is 6.51. The van der Waals surface area contributed by atoms with Crippen LogP contribution in [0.4, 0.5) is 0 Å². The molecule has 176 valence electrons.